The standard InChI is InChI=1S/C12H24N2O2S/c1-2-3-9-14(12-6-7-12)17(15,16)10-8-13-11-4-5-11/h11-13H,2-10H2,1H3. The molecule has 0 unspecified atom stereocenters. The minimum Gasteiger partial charge on any atom is -0.313 e. The molecule has 0 heterocycles. The monoisotopic (exact) mass is 260 g/mol. The molecule has 0 spiro atoms. The lowest BCUT2D eigenvalue weighted by atomic mass is 10.3. The number of unbranched alkanes of at least 4 members (excludes halogenated alkanes) is 1. The summed E-state index contributed by atoms with van der Waals surface area (Å²) in [7, 11) is -3.03. The van der Waals surface area contributed by atoms with E-state index in [-0.39, 0.29) is 5.75 Å². The average Bonchev–Trinajstić information content (AvgIpc) is 3.12. The van der Waals surface area contributed by atoms with Gasteiger partial charge in [0.1, 0.15) is 0 Å². The van der Waals surface area contributed by atoms with E-state index in [2.05, 4.69) is 12.2 Å². The molecule has 0 atom stereocenters. The minimum absolute atomic E-state index is 0.268. The largest absolute Gasteiger partial charge is 0.313 e. The Labute approximate surface area is 105 Å². The summed E-state index contributed by atoms with van der Waals surface area (Å²) >= 11 is 0. The first-order chi connectivity index (χ1) is 8.13. The van der Waals surface area contributed by atoms with Crippen molar-refractivity contribution in [3.05, 3.63) is 0 Å². The van der Waals surface area contributed by atoms with Crippen LogP contribution in [0.4, 0.5) is 0 Å². The molecule has 2 aliphatic carbocycles. The van der Waals surface area contributed by atoms with Crippen LogP contribution in [0, 0.1) is 0 Å². The van der Waals surface area contributed by atoms with Crippen LogP contribution in [0.1, 0.15) is 45.4 Å². The van der Waals surface area contributed by atoms with Gasteiger partial charge in [-0.15, -0.1) is 0 Å². The molecule has 0 amide bonds. The van der Waals surface area contributed by atoms with Crippen LogP contribution < -0.4 is 5.32 Å². The fraction of sp³-hybridized carbons (Fsp3) is 1.00. The Morgan fingerprint density at radius 1 is 1.24 bits per heavy atom. The number of hydrogen-bond donors (Lipinski definition) is 1. The lowest BCUT2D eigenvalue weighted by molar-refractivity contribution is 0.395. The zero-order valence-corrected chi connectivity index (χ0v) is 11.5. The van der Waals surface area contributed by atoms with Crippen molar-refractivity contribution >= 4 is 10.0 Å². The van der Waals surface area contributed by atoms with Crippen molar-refractivity contribution in [1.82, 2.24) is 9.62 Å². The number of sulfonamides is 1. The minimum atomic E-state index is -3.03. The van der Waals surface area contributed by atoms with Crippen LogP contribution in [0.2, 0.25) is 0 Å². The Kier molecular flexibility index (Phi) is 4.44. The average molecular weight is 260 g/mol. The van der Waals surface area contributed by atoms with Gasteiger partial charge in [-0.3, -0.25) is 0 Å². The summed E-state index contributed by atoms with van der Waals surface area (Å²) in [6, 6.07) is 0.905. The van der Waals surface area contributed by atoms with Crippen molar-refractivity contribution < 1.29 is 8.42 Å². The maximum atomic E-state index is 12.2. The van der Waals surface area contributed by atoms with Gasteiger partial charge in [0, 0.05) is 25.2 Å². The molecular formula is C12H24N2O2S. The maximum Gasteiger partial charge on any atom is 0.215 e. The molecule has 0 radical (unpaired) electrons. The summed E-state index contributed by atoms with van der Waals surface area (Å²) in [6.45, 7) is 3.43. The molecule has 2 rings (SSSR count). The van der Waals surface area contributed by atoms with Gasteiger partial charge in [0.15, 0.2) is 0 Å². The van der Waals surface area contributed by atoms with Crippen LogP contribution in [0.5, 0.6) is 0 Å². The van der Waals surface area contributed by atoms with Crippen molar-refractivity contribution in [3.8, 4) is 0 Å². The molecule has 0 bridgehead atoms. The van der Waals surface area contributed by atoms with Crippen molar-refractivity contribution in [2.24, 2.45) is 0 Å². The van der Waals surface area contributed by atoms with Gasteiger partial charge in [-0.1, -0.05) is 13.3 Å². The van der Waals surface area contributed by atoms with E-state index in [0.717, 1.165) is 25.7 Å². The van der Waals surface area contributed by atoms with Gasteiger partial charge in [0.05, 0.1) is 5.75 Å². The number of nitrogens with zero attached hydrogens (tertiary/aromatic N) is 1. The Hall–Kier alpha value is -0.130. The third kappa shape index (κ3) is 4.23. The fourth-order valence-corrected chi connectivity index (χ4v) is 3.70. The fourth-order valence-electron chi connectivity index (χ4n) is 2.02. The number of nitrogens with one attached hydrogen (secondary N) is 1. The van der Waals surface area contributed by atoms with Crippen LogP contribution in [0.25, 0.3) is 0 Å². The molecular weight excluding hydrogens is 236 g/mol. The molecule has 0 aromatic heterocycles. The first-order valence-corrected chi connectivity index (χ1v) is 8.47. The summed E-state index contributed by atoms with van der Waals surface area (Å²) in [6.07, 6.45) is 6.56. The van der Waals surface area contributed by atoms with Crippen molar-refractivity contribution in [2.75, 3.05) is 18.8 Å². The van der Waals surface area contributed by atoms with E-state index in [1.807, 2.05) is 0 Å². The molecule has 17 heavy (non-hydrogen) atoms. The summed E-state index contributed by atoms with van der Waals surface area (Å²) in [4.78, 5) is 0. The van der Waals surface area contributed by atoms with E-state index in [1.165, 1.54) is 12.8 Å². The van der Waals surface area contributed by atoms with Gasteiger partial charge < -0.3 is 5.32 Å². The zero-order valence-electron chi connectivity index (χ0n) is 10.7. The Morgan fingerprint density at radius 3 is 2.47 bits per heavy atom. The lowest BCUT2D eigenvalue weighted by Gasteiger charge is -2.21. The molecule has 2 aliphatic rings. The molecule has 2 saturated carbocycles. The second-order valence-electron chi connectivity index (χ2n) is 5.24. The van der Waals surface area contributed by atoms with Gasteiger partial charge in [-0.05, 0) is 32.1 Å². The van der Waals surface area contributed by atoms with Crippen molar-refractivity contribution in [1.29, 1.82) is 0 Å². The highest BCUT2D eigenvalue weighted by Crippen LogP contribution is 2.29. The van der Waals surface area contributed by atoms with E-state index >= 15 is 0 Å². The molecule has 0 aromatic carbocycles. The Morgan fingerprint density at radius 2 is 1.94 bits per heavy atom. The van der Waals surface area contributed by atoms with Crippen molar-refractivity contribution in [2.45, 2.75) is 57.5 Å². The second kappa shape index (κ2) is 5.67. The maximum absolute atomic E-state index is 12.2. The van der Waals surface area contributed by atoms with Gasteiger partial charge >= 0.3 is 0 Å². The van der Waals surface area contributed by atoms with Crippen LogP contribution in [-0.2, 0) is 10.0 Å². The molecule has 0 aromatic rings. The Balaban J connectivity index is 1.80. The van der Waals surface area contributed by atoms with Gasteiger partial charge in [0.2, 0.25) is 10.0 Å². The van der Waals surface area contributed by atoms with Crippen molar-refractivity contribution in [3.63, 3.8) is 0 Å². The third-order valence-electron chi connectivity index (χ3n) is 3.41. The van der Waals surface area contributed by atoms with Gasteiger partial charge in [0.25, 0.3) is 0 Å². The van der Waals surface area contributed by atoms with E-state index in [1.54, 1.807) is 4.31 Å². The predicted octanol–water partition coefficient (Wildman–Crippen LogP) is 1.33. The summed E-state index contributed by atoms with van der Waals surface area (Å²) in [5, 5.41) is 3.28. The highest BCUT2D eigenvalue weighted by atomic mass is 32.2. The molecule has 5 heteroatoms. The van der Waals surface area contributed by atoms with Gasteiger partial charge in [-0.2, -0.15) is 4.31 Å². The first-order valence-electron chi connectivity index (χ1n) is 6.86. The molecule has 100 valence electrons. The van der Waals surface area contributed by atoms with Crippen LogP contribution >= 0.6 is 0 Å². The Bertz CT molecular complexity index is 334. The van der Waals surface area contributed by atoms with Crippen LogP contribution in [-0.4, -0.2) is 43.6 Å². The molecule has 0 aliphatic heterocycles. The number of rotatable bonds is 9. The smallest absolute Gasteiger partial charge is 0.215 e. The first kappa shape index (κ1) is 13.3. The summed E-state index contributed by atoms with van der Waals surface area (Å²) in [5.41, 5.74) is 0. The molecule has 2 fully saturated rings. The number of hydrogen-bond acceptors (Lipinski definition) is 3. The third-order valence-corrected chi connectivity index (χ3v) is 5.33. The van der Waals surface area contributed by atoms with Gasteiger partial charge in [-0.25, -0.2) is 8.42 Å². The highest BCUT2D eigenvalue weighted by Gasteiger charge is 2.36. The van der Waals surface area contributed by atoms with Crippen LogP contribution in [0.15, 0.2) is 0 Å². The van der Waals surface area contributed by atoms with E-state index in [0.29, 0.717) is 25.2 Å². The van der Waals surface area contributed by atoms with Crippen LogP contribution in [0.3, 0.4) is 0 Å². The molecule has 1 N–H and O–H groups in total. The molecule has 4 nitrogen and oxygen atoms in total. The van der Waals surface area contributed by atoms with E-state index in [9.17, 15) is 8.42 Å². The topological polar surface area (TPSA) is 49.4 Å². The second-order valence-corrected chi connectivity index (χ2v) is 7.28. The predicted molar refractivity (Wildman–Crippen MR) is 69.4 cm³/mol. The molecule has 0 saturated heterocycles. The SMILES string of the molecule is CCCCN(C1CC1)S(=O)(=O)CCNC1CC1. The lowest BCUT2D eigenvalue weighted by Crippen LogP contribution is -2.38. The zero-order chi connectivity index (χ0) is 12.3. The highest BCUT2D eigenvalue weighted by molar-refractivity contribution is 7.89. The normalized spacial score (nSPS) is 21.1. The summed E-state index contributed by atoms with van der Waals surface area (Å²) < 4.78 is 26.2. The quantitative estimate of drug-likeness (QED) is 0.680. The summed E-state index contributed by atoms with van der Waals surface area (Å²) in [5.74, 6) is 0.268. The van der Waals surface area contributed by atoms with E-state index < -0.39 is 10.0 Å². The van der Waals surface area contributed by atoms with E-state index in [4.69, 9.17) is 0 Å².